The van der Waals surface area contributed by atoms with E-state index >= 15 is 0 Å². The van der Waals surface area contributed by atoms with Crippen LogP contribution in [0.15, 0.2) is 28.7 Å². The summed E-state index contributed by atoms with van der Waals surface area (Å²) in [6.45, 7) is 3.62. The van der Waals surface area contributed by atoms with Crippen LogP contribution in [0.2, 0.25) is 0 Å². The van der Waals surface area contributed by atoms with E-state index in [0.717, 1.165) is 11.1 Å². The maximum absolute atomic E-state index is 5.65. The van der Waals surface area contributed by atoms with E-state index < -0.39 is 0 Å². The van der Waals surface area contributed by atoms with Crippen LogP contribution in [0.4, 0.5) is 0 Å². The number of epoxide rings is 1. The number of halogens is 1. The number of hydrogen-bond acceptors (Lipinski definition) is 2. The van der Waals surface area contributed by atoms with Crippen molar-refractivity contribution in [2.75, 3.05) is 13.2 Å². The van der Waals surface area contributed by atoms with Crippen molar-refractivity contribution in [3.8, 4) is 0 Å². The Morgan fingerprint density at radius 1 is 1.50 bits per heavy atom. The Morgan fingerprint density at radius 2 is 2.14 bits per heavy atom. The average molecular weight is 257 g/mol. The second-order valence-electron chi connectivity index (χ2n) is 3.48. The zero-order valence-corrected chi connectivity index (χ0v) is 9.66. The van der Waals surface area contributed by atoms with Crippen LogP contribution in [0.25, 0.3) is 0 Å². The van der Waals surface area contributed by atoms with Gasteiger partial charge in [-0.1, -0.05) is 28.1 Å². The maximum Gasteiger partial charge on any atom is 0.104 e. The smallest absolute Gasteiger partial charge is 0.104 e. The molecular formula is C11H13BrO2. The third-order valence-electron chi connectivity index (χ3n) is 2.27. The standard InChI is InChI=1S/C11H13BrO2/c1-8(13-6-11-7-14-11)9-2-4-10(12)5-3-9/h2-5,8,11H,6-7H2,1H3/t8-,11+/m0/s1. The highest BCUT2D eigenvalue weighted by molar-refractivity contribution is 9.10. The zero-order valence-electron chi connectivity index (χ0n) is 8.07. The molecule has 0 radical (unpaired) electrons. The molecule has 3 heteroatoms. The molecule has 0 amide bonds. The normalized spacial score (nSPS) is 22.0. The lowest BCUT2D eigenvalue weighted by atomic mass is 10.1. The minimum atomic E-state index is 0.146. The van der Waals surface area contributed by atoms with E-state index in [-0.39, 0.29) is 6.10 Å². The molecule has 0 saturated carbocycles. The number of rotatable bonds is 4. The molecule has 1 saturated heterocycles. The highest BCUT2D eigenvalue weighted by Crippen LogP contribution is 2.21. The molecule has 1 heterocycles. The molecule has 0 N–H and O–H groups in total. The molecule has 2 rings (SSSR count). The van der Waals surface area contributed by atoms with E-state index in [1.54, 1.807) is 0 Å². The molecule has 14 heavy (non-hydrogen) atoms. The molecule has 0 aromatic heterocycles. The summed E-state index contributed by atoms with van der Waals surface area (Å²) in [6.07, 6.45) is 0.486. The molecule has 1 fully saturated rings. The van der Waals surface area contributed by atoms with Crippen LogP contribution < -0.4 is 0 Å². The number of benzene rings is 1. The molecule has 1 aromatic carbocycles. The van der Waals surface area contributed by atoms with Crippen LogP contribution in [0.3, 0.4) is 0 Å². The molecule has 0 spiro atoms. The first kappa shape index (κ1) is 10.1. The van der Waals surface area contributed by atoms with Gasteiger partial charge in [0.05, 0.1) is 19.3 Å². The Morgan fingerprint density at radius 3 is 2.71 bits per heavy atom. The Labute approximate surface area is 92.3 Å². The number of hydrogen-bond donors (Lipinski definition) is 0. The van der Waals surface area contributed by atoms with Crippen LogP contribution in [-0.2, 0) is 9.47 Å². The van der Waals surface area contributed by atoms with Gasteiger partial charge in [-0.25, -0.2) is 0 Å². The van der Waals surface area contributed by atoms with E-state index in [0.29, 0.717) is 12.7 Å². The quantitative estimate of drug-likeness (QED) is 0.773. The van der Waals surface area contributed by atoms with Gasteiger partial charge >= 0.3 is 0 Å². The summed E-state index contributed by atoms with van der Waals surface area (Å²) in [7, 11) is 0. The molecule has 1 aliphatic rings. The minimum Gasteiger partial charge on any atom is -0.371 e. The molecule has 76 valence electrons. The van der Waals surface area contributed by atoms with Crippen molar-refractivity contribution >= 4 is 15.9 Å². The fourth-order valence-corrected chi connectivity index (χ4v) is 1.51. The van der Waals surface area contributed by atoms with E-state index in [2.05, 4.69) is 35.0 Å². The first-order valence-corrected chi connectivity index (χ1v) is 5.53. The van der Waals surface area contributed by atoms with Crippen molar-refractivity contribution < 1.29 is 9.47 Å². The summed E-state index contributed by atoms with van der Waals surface area (Å²) in [4.78, 5) is 0. The maximum atomic E-state index is 5.65. The van der Waals surface area contributed by atoms with Crippen molar-refractivity contribution in [1.29, 1.82) is 0 Å². The van der Waals surface area contributed by atoms with Crippen molar-refractivity contribution in [2.45, 2.75) is 19.1 Å². The minimum absolute atomic E-state index is 0.146. The van der Waals surface area contributed by atoms with Gasteiger partial charge < -0.3 is 9.47 Å². The Bertz CT molecular complexity index is 293. The van der Waals surface area contributed by atoms with Gasteiger partial charge in [-0.05, 0) is 24.6 Å². The predicted octanol–water partition coefficient (Wildman–Crippen LogP) is 2.93. The molecule has 0 unspecified atom stereocenters. The Hall–Kier alpha value is -0.380. The van der Waals surface area contributed by atoms with E-state index in [4.69, 9.17) is 9.47 Å². The van der Waals surface area contributed by atoms with Gasteiger partial charge in [-0.3, -0.25) is 0 Å². The van der Waals surface area contributed by atoms with Crippen LogP contribution in [0, 0.1) is 0 Å². The largest absolute Gasteiger partial charge is 0.371 e. The summed E-state index contributed by atoms with van der Waals surface area (Å²) in [6, 6.07) is 8.21. The second kappa shape index (κ2) is 4.43. The van der Waals surface area contributed by atoms with Crippen molar-refractivity contribution in [2.24, 2.45) is 0 Å². The van der Waals surface area contributed by atoms with E-state index in [1.165, 1.54) is 5.56 Å². The molecule has 1 aromatic rings. The summed E-state index contributed by atoms with van der Waals surface area (Å²) < 4.78 is 11.8. The fourth-order valence-electron chi connectivity index (χ4n) is 1.25. The number of ether oxygens (including phenoxy) is 2. The van der Waals surface area contributed by atoms with Gasteiger partial charge in [-0.15, -0.1) is 0 Å². The third kappa shape index (κ3) is 2.80. The van der Waals surface area contributed by atoms with Gasteiger partial charge in [0, 0.05) is 4.47 Å². The summed E-state index contributed by atoms with van der Waals surface area (Å²) in [5, 5.41) is 0. The van der Waals surface area contributed by atoms with Crippen molar-refractivity contribution in [1.82, 2.24) is 0 Å². The first-order valence-electron chi connectivity index (χ1n) is 4.74. The van der Waals surface area contributed by atoms with Gasteiger partial charge in [0.2, 0.25) is 0 Å². The lowest BCUT2D eigenvalue weighted by Gasteiger charge is -2.12. The molecule has 0 bridgehead atoms. The van der Waals surface area contributed by atoms with Crippen LogP contribution in [0.5, 0.6) is 0 Å². The topological polar surface area (TPSA) is 21.8 Å². The molecular weight excluding hydrogens is 244 g/mol. The summed E-state index contributed by atoms with van der Waals surface area (Å²) >= 11 is 3.41. The van der Waals surface area contributed by atoms with E-state index in [9.17, 15) is 0 Å². The molecule has 1 aliphatic heterocycles. The highest BCUT2D eigenvalue weighted by Gasteiger charge is 2.23. The van der Waals surface area contributed by atoms with Gasteiger partial charge in [0.1, 0.15) is 6.10 Å². The SMILES string of the molecule is C[C@H](OC[C@@H]1CO1)c1ccc(Br)cc1. The average Bonchev–Trinajstić information content (AvgIpc) is 2.99. The van der Waals surface area contributed by atoms with Crippen LogP contribution >= 0.6 is 15.9 Å². The Balaban J connectivity index is 1.88. The third-order valence-corrected chi connectivity index (χ3v) is 2.80. The second-order valence-corrected chi connectivity index (χ2v) is 4.40. The van der Waals surface area contributed by atoms with E-state index in [1.807, 2.05) is 12.1 Å². The summed E-state index contributed by atoms with van der Waals surface area (Å²) in [5.74, 6) is 0. The fraction of sp³-hybridized carbons (Fsp3) is 0.455. The predicted molar refractivity (Wildman–Crippen MR) is 58.2 cm³/mol. The lowest BCUT2D eigenvalue weighted by Crippen LogP contribution is -2.05. The molecule has 2 nitrogen and oxygen atoms in total. The van der Waals surface area contributed by atoms with Gasteiger partial charge in [-0.2, -0.15) is 0 Å². The zero-order chi connectivity index (χ0) is 9.97. The van der Waals surface area contributed by atoms with Gasteiger partial charge in [0.25, 0.3) is 0 Å². The van der Waals surface area contributed by atoms with Gasteiger partial charge in [0.15, 0.2) is 0 Å². The molecule has 0 aliphatic carbocycles. The van der Waals surface area contributed by atoms with Crippen molar-refractivity contribution in [3.05, 3.63) is 34.3 Å². The van der Waals surface area contributed by atoms with Crippen LogP contribution in [0.1, 0.15) is 18.6 Å². The first-order chi connectivity index (χ1) is 6.75. The lowest BCUT2D eigenvalue weighted by molar-refractivity contribution is 0.0540. The molecule has 2 atom stereocenters. The van der Waals surface area contributed by atoms with Crippen molar-refractivity contribution in [3.63, 3.8) is 0 Å². The highest BCUT2D eigenvalue weighted by atomic mass is 79.9. The monoisotopic (exact) mass is 256 g/mol. The van der Waals surface area contributed by atoms with Crippen LogP contribution in [-0.4, -0.2) is 19.3 Å². The summed E-state index contributed by atoms with van der Waals surface area (Å²) in [5.41, 5.74) is 1.20. The Kier molecular flexibility index (Phi) is 3.21.